The number of aromatic nitrogens is 2. The van der Waals surface area contributed by atoms with Crippen LogP contribution in [0, 0.1) is 18.8 Å². The summed E-state index contributed by atoms with van der Waals surface area (Å²) in [7, 11) is 0. The third-order valence-electron chi connectivity index (χ3n) is 5.49. The minimum absolute atomic E-state index is 0.511. The van der Waals surface area contributed by atoms with Gasteiger partial charge in [0.25, 0.3) is 11.4 Å². The smallest absolute Gasteiger partial charge is 0.137 e. The zero-order chi connectivity index (χ0) is 18.0. The summed E-state index contributed by atoms with van der Waals surface area (Å²) < 4.78 is 4.73. The summed E-state index contributed by atoms with van der Waals surface area (Å²) in [5.74, 6) is 7.13. The van der Waals surface area contributed by atoms with E-state index in [0.29, 0.717) is 0 Å². The first kappa shape index (κ1) is 14.9. The van der Waals surface area contributed by atoms with Crippen molar-refractivity contribution in [3.63, 3.8) is 0 Å². The van der Waals surface area contributed by atoms with Crippen molar-refractivity contribution in [3.05, 3.63) is 95.0 Å². The van der Waals surface area contributed by atoms with Crippen molar-refractivity contribution >= 4 is 11.3 Å². The highest BCUT2D eigenvalue weighted by Crippen LogP contribution is 2.43. The highest BCUT2D eigenvalue weighted by atomic mass is 32.1. The molecule has 1 atom stereocenters. The number of hydrogen-bond donors (Lipinski definition) is 0. The molecule has 3 aromatic heterocycles. The molecule has 0 fully saturated rings. The van der Waals surface area contributed by atoms with E-state index in [1.165, 1.54) is 33.1 Å². The monoisotopic (exact) mass is 364 g/mol. The summed E-state index contributed by atoms with van der Waals surface area (Å²) in [5, 5.41) is 2.18. The number of pyridine rings is 2. The van der Waals surface area contributed by atoms with Crippen LogP contribution in [-0.2, 0) is 5.66 Å². The first-order valence-corrected chi connectivity index (χ1v) is 9.92. The van der Waals surface area contributed by atoms with Gasteiger partial charge in [-0.3, -0.25) is 0 Å². The summed E-state index contributed by atoms with van der Waals surface area (Å²) >= 11 is 1.80. The maximum Gasteiger partial charge on any atom is 0.456 e. The van der Waals surface area contributed by atoms with Gasteiger partial charge in [0.05, 0.1) is 5.92 Å². The molecule has 0 amide bonds. The highest BCUT2D eigenvalue weighted by Gasteiger charge is 2.66. The van der Waals surface area contributed by atoms with Gasteiger partial charge in [-0.05, 0) is 42.6 Å². The molecule has 2 aliphatic rings. The second-order valence-corrected chi connectivity index (χ2v) is 7.96. The third kappa shape index (κ3) is 1.81. The predicted molar refractivity (Wildman–Crippen MR) is 106 cm³/mol. The van der Waals surface area contributed by atoms with Crippen LogP contribution in [-0.4, -0.2) is 0 Å². The van der Waals surface area contributed by atoms with Crippen LogP contribution < -0.4 is 9.13 Å². The van der Waals surface area contributed by atoms with E-state index in [1.54, 1.807) is 11.3 Å². The maximum absolute atomic E-state index is 3.67. The number of fused-ring (bicyclic) bond motifs is 6. The molecule has 1 aromatic carbocycles. The van der Waals surface area contributed by atoms with Gasteiger partial charge < -0.3 is 0 Å². The Bertz CT molecular complexity index is 1290. The number of aryl methyl sites for hydroxylation is 1. The summed E-state index contributed by atoms with van der Waals surface area (Å²) in [6.07, 6.45) is 2.16. The van der Waals surface area contributed by atoms with Crippen molar-refractivity contribution in [1.82, 2.24) is 0 Å². The number of thiophene rings is 1. The van der Waals surface area contributed by atoms with Crippen molar-refractivity contribution < 1.29 is 9.13 Å². The number of nitrogens with zero attached hydrogens (tertiary/aromatic N) is 2. The fourth-order valence-corrected chi connectivity index (χ4v) is 5.25. The molecule has 0 bridgehead atoms. The third-order valence-corrected chi connectivity index (χ3v) is 6.43. The summed E-state index contributed by atoms with van der Waals surface area (Å²) in [5.41, 5.74) is 6.73. The first-order chi connectivity index (χ1) is 13.3. The molecule has 0 saturated carbocycles. The minimum atomic E-state index is -0.511. The summed E-state index contributed by atoms with van der Waals surface area (Å²) in [4.78, 5) is 1.32. The first-order valence-electron chi connectivity index (χ1n) is 9.04. The molecule has 2 aliphatic heterocycles. The second kappa shape index (κ2) is 5.16. The molecule has 6 rings (SSSR count). The van der Waals surface area contributed by atoms with E-state index < -0.39 is 5.66 Å². The zero-order valence-electron chi connectivity index (χ0n) is 14.8. The van der Waals surface area contributed by atoms with Gasteiger partial charge in [-0.2, -0.15) is 0 Å². The predicted octanol–water partition coefficient (Wildman–Crippen LogP) is 3.89. The van der Waals surface area contributed by atoms with E-state index in [-0.39, 0.29) is 0 Å². The Morgan fingerprint density at radius 1 is 0.852 bits per heavy atom. The van der Waals surface area contributed by atoms with Gasteiger partial charge in [0.15, 0.2) is 6.20 Å². The molecular formula is C24H16N2S+2. The van der Waals surface area contributed by atoms with E-state index in [9.17, 15) is 0 Å². The van der Waals surface area contributed by atoms with Crippen molar-refractivity contribution in [2.45, 2.75) is 12.6 Å². The van der Waals surface area contributed by atoms with Crippen molar-refractivity contribution in [2.24, 2.45) is 0 Å². The SMILES string of the molecule is Cc1ccc(C#CC23c4ccsc4-c4cccc([n+]42)-c2cccc[n+]23)cc1. The molecule has 5 heterocycles. The molecular weight excluding hydrogens is 348 g/mol. The molecule has 126 valence electrons. The van der Waals surface area contributed by atoms with Crippen LogP contribution in [0.5, 0.6) is 0 Å². The molecule has 0 saturated heterocycles. The lowest BCUT2D eigenvalue weighted by Gasteiger charge is -2.08. The quantitative estimate of drug-likeness (QED) is 0.330. The molecule has 0 radical (unpaired) electrons. The molecule has 0 aliphatic carbocycles. The largest absolute Gasteiger partial charge is 0.456 e. The molecule has 3 heteroatoms. The number of rotatable bonds is 0. The Labute approximate surface area is 162 Å². The van der Waals surface area contributed by atoms with Gasteiger partial charge in [0.2, 0.25) is 5.69 Å². The van der Waals surface area contributed by atoms with E-state index >= 15 is 0 Å². The summed E-state index contributed by atoms with van der Waals surface area (Å²) in [6, 6.07) is 23.6. The fourth-order valence-electron chi connectivity index (χ4n) is 4.29. The van der Waals surface area contributed by atoms with Crippen LogP contribution in [0.3, 0.4) is 0 Å². The molecule has 27 heavy (non-hydrogen) atoms. The Hall–Kier alpha value is -3.22. The lowest BCUT2D eigenvalue weighted by atomic mass is 10.0. The molecule has 0 N–H and O–H groups in total. The van der Waals surface area contributed by atoms with Crippen molar-refractivity contribution in [2.75, 3.05) is 0 Å². The fraction of sp³-hybridized carbons (Fsp3) is 0.0833. The van der Waals surface area contributed by atoms with Gasteiger partial charge in [-0.15, -0.1) is 20.5 Å². The van der Waals surface area contributed by atoms with Crippen LogP contribution in [0.1, 0.15) is 16.7 Å². The van der Waals surface area contributed by atoms with Gasteiger partial charge in [-0.1, -0.05) is 23.6 Å². The number of benzene rings is 1. The number of hydrogen-bond acceptors (Lipinski definition) is 1. The Morgan fingerprint density at radius 2 is 1.67 bits per heavy atom. The van der Waals surface area contributed by atoms with Crippen molar-refractivity contribution in [1.29, 1.82) is 0 Å². The second-order valence-electron chi connectivity index (χ2n) is 7.04. The summed E-state index contributed by atoms with van der Waals surface area (Å²) in [6.45, 7) is 2.10. The van der Waals surface area contributed by atoms with E-state index in [0.717, 1.165) is 5.56 Å². The molecule has 2 nitrogen and oxygen atoms in total. The van der Waals surface area contributed by atoms with E-state index in [1.807, 2.05) is 0 Å². The van der Waals surface area contributed by atoms with E-state index in [2.05, 4.69) is 106 Å². The minimum Gasteiger partial charge on any atom is -0.137 e. The maximum atomic E-state index is 3.67. The lowest BCUT2D eigenvalue weighted by Crippen LogP contribution is -2.67. The van der Waals surface area contributed by atoms with Gasteiger partial charge >= 0.3 is 5.66 Å². The zero-order valence-corrected chi connectivity index (χ0v) is 15.6. The molecule has 4 aromatic rings. The van der Waals surface area contributed by atoms with Gasteiger partial charge in [-0.25, -0.2) is 0 Å². The topological polar surface area (TPSA) is 7.76 Å². The van der Waals surface area contributed by atoms with Gasteiger partial charge in [0.1, 0.15) is 10.4 Å². The molecule has 0 spiro atoms. The van der Waals surface area contributed by atoms with Crippen LogP contribution in [0.2, 0.25) is 0 Å². The average Bonchev–Trinajstić information content (AvgIpc) is 3.36. The Kier molecular flexibility index (Phi) is 2.85. The van der Waals surface area contributed by atoms with Crippen LogP contribution >= 0.6 is 11.3 Å². The molecule has 1 unspecified atom stereocenters. The Balaban J connectivity index is 1.71. The normalized spacial score (nSPS) is 17.7. The Morgan fingerprint density at radius 3 is 2.56 bits per heavy atom. The average molecular weight is 364 g/mol. The standard InChI is InChI=1S/C24H16N2S/c1-17-8-10-18(11-9-17)12-14-24-19-13-16-27-23(19)22-7-4-6-21(26(22)24)20-5-2-3-15-25(20)24/h2-11,13,15-16H,1H3/q+2. The van der Waals surface area contributed by atoms with E-state index in [4.69, 9.17) is 0 Å². The van der Waals surface area contributed by atoms with Crippen LogP contribution in [0.25, 0.3) is 22.0 Å². The highest BCUT2D eigenvalue weighted by molar-refractivity contribution is 7.13. The van der Waals surface area contributed by atoms with Crippen LogP contribution in [0.4, 0.5) is 0 Å². The van der Waals surface area contributed by atoms with Crippen LogP contribution in [0.15, 0.2) is 78.3 Å². The van der Waals surface area contributed by atoms with Gasteiger partial charge in [0, 0.05) is 29.8 Å². The lowest BCUT2D eigenvalue weighted by molar-refractivity contribution is -0.924. The van der Waals surface area contributed by atoms with Crippen molar-refractivity contribution in [3.8, 4) is 33.8 Å².